The summed E-state index contributed by atoms with van der Waals surface area (Å²) in [6, 6.07) is 6.03. The summed E-state index contributed by atoms with van der Waals surface area (Å²) in [5, 5.41) is 13.8. The van der Waals surface area contributed by atoms with Gasteiger partial charge < -0.3 is 9.73 Å². The second kappa shape index (κ2) is 7.26. The molecule has 1 N–H and O–H groups in total. The molecule has 1 aromatic carbocycles. The molecule has 0 amide bonds. The number of benzene rings is 1. The number of halogens is 3. The van der Waals surface area contributed by atoms with Crippen LogP contribution in [0.3, 0.4) is 0 Å². The number of alkyl halides is 2. The lowest BCUT2D eigenvalue weighted by atomic mass is 10.2. The fourth-order valence-corrected chi connectivity index (χ4v) is 2.98. The summed E-state index contributed by atoms with van der Waals surface area (Å²) in [4.78, 5) is 9.43. The number of nitrogens with zero attached hydrogens (tertiary/aromatic N) is 1. The minimum absolute atomic E-state index is 0.0267. The molecule has 130 valence electrons. The van der Waals surface area contributed by atoms with Crippen molar-refractivity contribution >= 4 is 37.1 Å². The van der Waals surface area contributed by atoms with Gasteiger partial charge in [0.1, 0.15) is 11.4 Å². The van der Waals surface area contributed by atoms with Crippen LogP contribution in [0, 0.1) is 10.1 Å². The van der Waals surface area contributed by atoms with Crippen LogP contribution in [0.15, 0.2) is 44.3 Å². The summed E-state index contributed by atoms with van der Waals surface area (Å²) in [6.07, 6.45) is 0.417. The zero-order valence-electron chi connectivity index (χ0n) is 11.9. The first-order valence-corrected chi connectivity index (χ1v) is 8.84. The number of hydrogen-bond donors (Lipinski definition) is 1. The summed E-state index contributed by atoms with van der Waals surface area (Å²) < 4.78 is 53.7. The van der Waals surface area contributed by atoms with E-state index in [4.69, 9.17) is 4.42 Å². The van der Waals surface area contributed by atoms with Crippen molar-refractivity contribution in [2.45, 2.75) is 17.1 Å². The SMILES string of the molecule is O=[N+]([O-])c1cc(S(=O)(=O)C(F)F)ccc1NCCc1ccc(Br)o1. The van der Waals surface area contributed by atoms with Crippen LogP contribution in [-0.4, -0.2) is 25.6 Å². The van der Waals surface area contributed by atoms with Gasteiger partial charge in [-0.05, 0) is 40.2 Å². The molecule has 0 atom stereocenters. The first kappa shape index (κ1) is 18.3. The van der Waals surface area contributed by atoms with Crippen LogP contribution in [0.1, 0.15) is 5.76 Å². The Labute approximate surface area is 143 Å². The molecule has 0 aliphatic rings. The van der Waals surface area contributed by atoms with Crippen LogP contribution in [0.4, 0.5) is 20.2 Å². The minimum atomic E-state index is -4.90. The van der Waals surface area contributed by atoms with Gasteiger partial charge >= 0.3 is 5.76 Å². The van der Waals surface area contributed by atoms with E-state index in [1.807, 2.05) is 0 Å². The van der Waals surface area contributed by atoms with Crippen molar-refractivity contribution in [1.82, 2.24) is 0 Å². The van der Waals surface area contributed by atoms with E-state index in [9.17, 15) is 27.3 Å². The van der Waals surface area contributed by atoms with Crippen molar-refractivity contribution in [3.63, 3.8) is 0 Å². The molecule has 2 aromatic rings. The highest BCUT2D eigenvalue weighted by molar-refractivity contribution is 9.10. The van der Waals surface area contributed by atoms with E-state index in [-0.39, 0.29) is 12.2 Å². The minimum Gasteiger partial charge on any atom is -0.454 e. The molecule has 0 fully saturated rings. The van der Waals surface area contributed by atoms with E-state index < -0.39 is 31.1 Å². The van der Waals surface area contributed by atoms with Crippen molar-refractivity contribution in [1.29, 1.82) is 0 Å². The molecule has 24 heavy (non-hydrogen) atoms. The van der Waals surface area contributed by atoms with Gasteiger partial charge in [-0.2, -0.15) is 8.78 Å². The topological polar surface area (TPSA) is 102 Å². The summed E-state index contributed by atoms with van der Waals surface area (Å²) >= 11 is 3.14. The maximum atomic E-state index is 12.5. The highest BCUT2D eigenvalue weighted by atomic mass is 79.9. The molecule has 7 nitrogen and oxygen atoms in total. The normalized spacial score (nSPS) is 11.7. The fourth-order valence-electron chi connectivity index (χ4n) is 1.90. The van der Waals surface area contributed by atoms with Gasteiger partial charge in [-0.1, -0.05) is 0 Å². The van der Waals surface area contributed by atoms with E-state index in [1.54, 1.807) is 12.1 Å². The Hall–Kier alpha value is -2.01. The van der Waals surface area contributed by atoms with Gasteiger partial charge in [0.05, 0.1) is 9.82 Å². The number of rotatable bonds is 7. The molecule has 0 aliphatic heterocycles. The van der Waals surface area contributed by atoms with Gasteiger partial charge in [-0.25, -0.2) is 8.42 Å². The van der Waals surface area contributed by atoms with E-state index in [0.717, 1.165) is 12.1 Å². The molecule has 1 aromatic heterocycles. The molecule has 0 spiro atoms. The summed E-state index contributed by atoms with van der Waals surface area (Å²) in [5.41, 5.74) is -0.573. The molecule has 1 heterocycles. The summed E-state index contributed by atoms with van der Waals surface area (Å²) in [5.74, 6) is -3.01. The van der Waals surface area contributed by atoms with E-state index in [0.29, 0.717) is 22.9 Å². The lowest BCUT2D eigenvalue weighted by Crippen LogP contribution is -2.12. The van der Waals surface area contributed by atoms with E-state index in [1.165, 1.54) is 0 Å². The Morgan fingerprint density at radius 2 is 2.00 bits per heavy atom. The zero-order chi connectivity index (χ0) is 17.9. The first-order chi connectivity index (χ1) is 11.2. The molecule has 0 saturated carbocycles. The highest BCUT2D eigenvalue weighted by Gasteiger charge is 2.29. The summed E-state index contributed by atoms with van der Waals surface area (Å²) in [6.45, 7) is 0.266. The van der Waals surface area contributed by atoms with Crippen molar-refractivity contribution in [2.75, 3.05) is 11.9 Å². The lowest BCUT2D eigenvalue weighted by molar-refractivity contribution is -0.384. The number of anilines is 1. The predicted molar refractivity (Wildman–Crippen MR) is 84.9 cm³/mol. The van der Waals surface area contributed by atoms with Crippen molar-refractivity contribution < 1.29 is 26.5 Å². The van der Waals surface area contributed by atoms with Gasteiger partial charge in [0.2, 0.25) is 9.84 Å². The average molecular weight is 425 g/mol. The molecule has 0 unspecified atom stereocenters. The largest absolute Gasteiger partial charge is 0.454 e. The third-order valence-corrected chi connectivity index (χ3v) is 4.85. The van der Waals surface area contributed by atoms with Gasteiger partial charge in [0.15, 0.2) is 4.67 Å². The van der Waals surface area contributed by atoms with Crippen LogP contribution in [0.5, 0.6) is 0 Å². The number of nitrogens with one attached hydrogen (secondary N) is 1. The predicted octanol–water partition coefficient (Wildman–Crippen LogP) is 3.60. The third kappa shape index (κ3) is 4.09. The molecule has 2 rings (SSSR count). The van der Waals surface area contributed by atoms with Crippen molar-refractivity contribution in [3.05, 3.63) is 50.9 Å². The maximum Gasteiger partial charge on any atom is 0.341 e. The molecular weight excluding hydrogens is 414 g/mol. The molecule has 0 saturated heterocycles. The van der Waals surface area contributed by atoms with Gasteiger partial charge in [0.25, 0.3) is 5.69 Å². The number of furan rings is 1. The van der Waals surface area contributed by atoms with E-state index in [2.05, 4.69) is 21.2 Å². The van der Waals surface area contributed by atoms with Crippen LogP contribution in [0.2, 0.25) is 0 Å². The molecular formula is C13H11BrF2N2O5S. The van der Waals surface area contributed by atoms with Crippen LogP contribution in [0.25, 0.3) is 0 Å². The van der Waals surface area contributed by atoms with Gasteiger partial charge in [-0.3, -0.25) is 10.1 Å². The first-order valence-electron chi connectivity index (χ1n) is 6.50. The number of nitro benzene ring substituents is 1. The molecule has 0 radical (unpaired) electrons. The van der Waals surface area contributed by atoms with Crippen molar-refractivity contribution in [2.24, 2.45) is 0 Å². The summed E-state index contributed by atoms with van der Waals surface area (Å²) in [7, 11) is -4.90. The monoisotopic (exact) mass is 424 g/mol. The fraction of sp³-hybridized carbons (Fsp3) is 0.231. The van der Waals surface area contributed by atoms with Crippen LogP contribution < -0.4 is 5.32 Å². The van der Waals surface area contributed by atoms with E-state index >= 15 is 0 Å². The quantitative estimate of drug-likeness (QED) is 0.537. The Balaban J connectivity index is 2.19. The number of nitro groups is 1. The third-order valence-electron chi connectivity index (χ3n) is 3.04. The smallest absolute Gasteiger partial charge is 0.341 e. The maximum absolute atomic E-state index is 12.5. The van der Waals surface area contributed by atoms with Gasteiger partial charge in [-0.15, -0.1) is 0 Å². The molecule has 11 heteroatoms. The highest BCUT2D eigenvalue weighted by Crippen LogP contribution is 2.29. The molecule has 0 bridgehead atoms. The van der Waals surface area contributed by atoms with Gasteiger partial charge in [0, 0.05) is 19.0 Å². The Kier molecular flexibility index (Phi) is 5.54. The Morgan fingerprint density at radius 3 is 2.54 bits per heavy atom. The zero-order valence-corrected chi connectivity index (χ0v) is 14.3. The Morgan fingerprint density at radius 1 is 1.29 bits per heavy atom. The lowest BCUT2D eigenvalue weighted by Gasteiger charge is -2.08. The van der Waals surface area contributed by atoms with Crippen LogP contribution >= 0.6 is 15.9 Å². The molecule has 0 aliphatic carbocycles. The average Bonchev–Trinajstić information content (AvgIpc) is 2.92. The Bertz CT molecular complexity index is 854. The van der Waals surface area contributed by atoms with Crippen molar-refractivity contribution in [3.8, 4) is 0 Å². The second-order valence-corrected chi connectivity index (χ2v) is 7.32. The second-order valence-electron chi connectivity index (χ2n) is 4.62. The standard InChI is InChI=1S/C13H11BrF2N2O5S/c14-12-4-1-8(23-12)5-6-17-10-3-2-9(7-11(10)18(19)20)24(21,22)13(15)16/h1-4,7,13,17H,5-6H2. The number of hydrogen-bond acceptors (Lipinski definition) is 6. The number of sulfone groups is 1. The van der Waals surface area contributed by atoms with Crippen LogP contribution in [-0.2, 0) is 16.3 Å².